The molecule has 0 amide bonds. The Morgan fingerprint density at radius 3 is 0.586 bits per heavy atom. The van der Waals surface area contributed by atoms with Gasteiger partial charge in [0.15, 0.2) is 0 Å². The van der Waals surface area contributed by atoms with Crippen LogP contribution < -0.4 is 0 Å². The number of Topliss-reactive ketones (excluding diaryl/α,β-unsaturated/α-hetero) is 4. The molecular formula is C39H88Hf2O17. The summed E-state index contributed by atoms with van der Waals surface area (Å²) in [6.07, 6.45) is 3.12. The van der Waals surface area contributed by atoms with Crippen molar-refractivity contribution >= 4 is 23.1 Å². The molecule has 0 fully saturated rings. The zero-order valence-electron chi connectivity index (χ0n) is 38.0. The van der Waals surface area contributed by atoms with Crippen LogP contribution >= 0.6 is 0 Å². The number of hydrogen-bond donors (Lipinski definition) is 11. The summed E-state index contributed by atoms with van der Waals surface area (Å²) in [5.74, 6) is 0.148. The molecule has 0 aliphatic heterocycles. The van der Waals surface area contributed by atoms with Crippen LogP contribution in [-0.2, 0) is 80.3 Å². The number of unbranched alkanes of at least 4 members (excludes halogenated alkanes) is 2. The Labute approximate surface area is 388 Å². The van der Waals surface area contributed by atoms with Gasteiger partial charge in [-0.15, -0.1) is 0 Å². The van der Waals surface area contributed by atoms with Crippen molar-refractivity contribution < 1.29 is 137 Å². The van der Waals surface area contributed by atoms with Crippen molar-refractivity contribution in [2.24, 2.45) is 0 Å². The molecule has 0 aliphatic carbocycles. The van der Waals surface area contributed by atoms with E-state index in [4.69, 9.17) is 56.2 Å². The van der Waals surface area contributed by atoms with E-state index in [1.807, 2.05) is 0 Å². The van der Waals surface area contributed by atoms with E-state index >= 15 is 0 Å². The van der Waals surface area contributed by atoms with Crippen LogP contribution in [0.2, 0.25) is 0 Å². The third-order valence-electron chi connectivity index (χ3n) is 4.30. The minimum atomic E-state index is -0.475. The smallest absolute Gasteiger partial charge is 0.132 e. The first-order valence-electron chi connectivity index (χ1n) is 19.1. The van der Waals surface area contributed by atoms with Crippen LogP contribution in [0, 0.1) is 0 Å². The van der Waals surface area contributed by atoms with E-state index in [1.54, 1.807) is 41.5 Å². The second-order valence-corrected chi connectivity index (χ2v) is 12.4. The molecule has 19 heteroatoms. The molecule has 17 nitrogen and oxygen atoms in total. The van der Waals surface area contributed by atoms with Crippen LogP contribution in [0.15, 0.2) is 0 Å². The van der Waals surface area contributed by atoms with Crippen molar-refractivity contribution in [1.82, 2.24) is 0 Å². The second kappa shape index (κ2) is 80.8. The fourth-order valence-electron chi connectivity index (χ4n) is 2.44. The fraction of sp³-hybridized carbons (Fsp3) is 0.897. The predicted molar refractivity (Wildman–Crippen MR) is 219 cm³/mol. The van der Waals surface area contributed by atoms with Gasteiger partial charge in [-0.05, 0) is 82.1 Å². The van der Waals surface area contributed by atoms with Gasteiger partial charge in [0.1, 0.15) is 23.1 Å². The van der Waals surface area contributed by atoms with E-state index in [1.165, 1.54) is 27.7 Å². The molecule has 4 atom stereocenters. The molecule has 0 aliphatic rings. The molecule has 354 valence electrons. The first-order valence-corrected chi connectivity index (χ1v) is 19.1. The zero-order chi connectivity index (χ0) is 46.3. The van der Waals surface area contributed by atoms with Crippen LogP contribution in [-0.4, -0.2) is 176 Å². The molecule has 0 aromatic heterocycles. The van der Waals surface area contributed by atoms with E-state index in [0.29, 0.717) is 39.6 Å². The molecule has 11 N–H and O–H groups in total. The zero-order valence-corrected chi connectivity index (χ0v) is 45.2. The third-order valence-corrected chi connectivity index (χ3v) is 4.30. The molecule has 0 saturated heterocycles. The minimum Gasteiger partial charge on any atom is -0.396 e. The Kier molecular flexibility index (Phi) is 119. The molecule has 0 heterocycles. The fourth-order valence-corrected chi connectivity index (χ4v) is 2.44. The van der Waals surface area contributed by atoms with Gasteiger partial charge in [0.2, 0.25) is 0 Å². The van der Waals surface area contributed by atoms with Gasteiger partial charge in [0.25, 0.3) is 0 Å². The molecule has 0 aromatic carbocycles. The third kappa shape index (κ3) is 216. The molecular weight excluding hydrogens is 1100 g/mol. The van der Waals surface area contributed by atoms with Gasteiger partial charge in [-0.1, -0.05) is 26.7 Å². The maximum Gasteiger partial charge on any atom is 0.132 e. The number of carbonyl (C=O) groups is 4. The first-order chi connectivity index (χ1) is 25.9. The number of aliphatic hydroxyl groups excluding tert-OH is 11. The topological polar surface area (TPSA) is 309 Å². The summed E-state index contributed by atoms with van der Waals surface area (Å²) in [6, 6.07) is 0. The number of ether oxygens (including phenoxy) is 2. The summed E-state index contributed by atoms with van der Waals surface area (Å²) in [4.78, 5) is 40.4. The Morgan fingerprint density at radius 2 is 0.552 bits per heavy atom. The van der Waals surface area contributed by atoms with Gasteiger partial charge < -0.3 is 65.6 Å². The van der Waals surface area contributed by atoms with Crippen LogP contribution in [0.3, 0.4) is 0 Å². The molecule has 0 bridgehead atoms. The average Bonchev–Trinajstić information content (AvgIpc) is 3.02. The van der Waals surface area contributed by atoms with Gasteiger partial charge >= 0.3 is 0 Å². The predicted octanol–water partition coefficient (Wildman–Crippen LogP) is 1.30. The SMILES string of the molecule is CC(=O)CC(C)O.CC(=O)CC(C)O.CC(=O)CC(C)O.CC(=O)CC(C)O.CC(C)O.CCCCO.CCCCO.OCCOCCO.OCCOCCO.[Hf].[Hf]. The van der Waals surface area contributed by atoms with E-state index < -0.39 is 24.4 Å². The Bertz CT molecular complexity index is 620. The number of rotatable bonds is 20. The standard InChI is InChI=1S/4C5H10O2.2C4H10O3.2C4H10O.C3H8O.2Hf/c4*1-4(6)3-5(2)7;2*5-1-3-7-4-2-6;2*1-2-3-4-5;1-3(2)4;;/h4*4,6H,3H2,1-2H3;2*5-6H,1-4H2;2*5H,2-4H2,1H3;3-4H,1-2H3;;. The largest absolute Gasteiger partial charge is 0.396 e. The van der Waals surface area contributed by atoms with Crippen molar-refractivity contribution in [2.45, 2.75) is 165 Å². The first kappa shape index (κ1) is 85.2. The van der Waals surface area contributed by atoms with Crippen LogP contribution in [0.5, 0.6) is 0 Å². The summed E-state index contributed by atoms with van der Waals surface area (Å²) in [5, 5.41) is 90.5. The van der Waals surface area contributed by atoms with Crippen molar-refractivity contribution in [1.29, 1.82) is 0 Å². The van der Waals surface area contributed by atoms with Gasteiger partial charge in [-0.3, -0.25) is 19.2 Å². The molecule has 0 spiro atoms. The Hall–Kier alpha value is -0.0997. The molecule has 4 unspecified atom stereocenters. The number of carbonyl (C=O) groups excluding carboxylic acids is 4. The quantitative estimate of drug-likeness (QED) is 0.0605. The van der Waals surface area contributed by atoms with Gasteiger partial charge in [-0.25, -0.2) is 0 Å². The maximum atomic E-state index is 10.1. The van der Waals surface area contributed by atoms with E-state index in [-0.39, 0.29) is 133 Å². The summed E-state index contributed by atoms with van der Waals surface area (Å²) < 4.78 is 9.26. The maximum absolute atomic E-state index is 10.1. The molecule has 0 aromatic rings. The van der Waals surface area contributed by atoms with E-state index in [9.17, 15) is 19.2 Å². The summed E-state index contributed by atoms with van der Waals surface area (Å²) in [7, 11) is 0. The number of hydrogen-bond acceptors (Lipinski definition) is 17. The van der Waals surface area contributed by atoms with E-state index in [2.05, 4.69) is 23.3 Å². The number of aliphatic hydroxyl groups is 11. The van der Waals surface area contributed by atoms with Crippen LogP contribution in [0.4, 0.5) is 0 Å². The Morgan fingerprint density at radius 1 is 0.397 bits per heavy atom. The van der Waals surface area contributed by atoms with Crippen LogP contribution in [0.1, 0.15) is 134 Å². The van der Waals surface area contributed by atoms with E-state index in [0.717, 1.165) is 25.7 Å². The number of ketones is 4. The second-order valence-electron chi connectivity index (χ2n) is 12.4. The average molecular weight is 1190 g/mol. The van der Waals surface area contributed by atoms with Gasteiger partial charge in [0.05, 0.1) is 77.3 Å². The molecule has 0 radical (unpaired) electrons. The van der Waals surface area contributed by atoms with Crippen molar-refractivity contribution in [2.75, 3.05) is 66.1 Å². The monoisotopic (exact) mass is 1190 g/mol. The van der Waals surface area contributed by atoms with Gasteiger partial charge in [-0.2, -0.15) is 0 Å². The molecule has 58 heavy (non-hydrogen) atoms. The molecule has 0 rings (SSSR count). The molecule has 0 saturated carbocycles. The van der Waals surface area contributed by atoms with Gasteiger partial charge in [0, 0.05) is 96.7 Å². The summed E-state index contributed by atoms with van der Waals surface area (Å²) in [5.41, 5.74) is 0. The summed E-state index contributed by atoms with van der Waals surface area (Å²) in [6.45, 7) is 21.9. The van der Waals surface area contributed by atoms with Crippen molar-refractivity contribution in [3.05, 3.63) is 0 Å². The van der Waals surface area contributed by atoms with Crippen molar-refractivity contribution in [3.63, 3.8) is 0 Å². The van der Waals surface area contributed by atoms with Crippen LogP contribution in [0.25, 0.3) is 0 Å². The van der Waals surface area contributed by atoms with Crippen molar-refractivity contribution in [3.8, 4) is 0 Å². The summed E-state index contributed by atoms with van der Waals surface area (Å²) >= 11 is 0. The Balaban J connectivity index is -0.0000000476. The normalized spacial score (nSPS) is 10.9. The minimum absolute atomic E-state index is 0.